The highest BCUT2D eigenvalue weighted by Gasteiger charge is 2.11. The number of ether oxygens (including phenoxy) is 2. The normalized spacial score (nSPS) is 11.7. The predicted octanol–water partition coefficient (Wildman–Crippen LogP) is 1.46. The fraction of sp³-hybridized carbons (Fsp3) is 0.733. The van der Waals surface area contributed by atoms with Gasteiger partial charge in [0.2, 0.25) is 5.95 Å². The monoisotopic (exact) mass is 296 g/mol. The molecule has 0 aliphatic carbocycles. The van der Waals surface area contributed by atoms with Gasteiger partial charge in [-0.05, 0) is 20.8 Å². The summed E-state index contributed by atoms with van der Waals surface area (Å²) in [5.41, 5.74) is 1.16. The molecule has 0 aromatic carbocycles. The van der Waals surface area contributed by atoms with Crippen molar-refractivity contribution in [2.75, 3.05) is 45.4 Å². The van der Waals surface area contributed by atoms with Crippen molar-refractivity contribution in [3.63, 3.8) is 0 Å². The molecule has 120 valence electrons. The molecule has 0 saturated carbocycles. The number of hydrogen-bond donors (Lipinski definition) is 1. The summed E-state index contributed by atoms with van der Waals surface area (Å²) in [6, 6.07) is 0. The van der Waals surface area contributed by atoms with Gasteiger partial charge in [-0.3, -0.25) is 0 Å². The highest BCUT2D eigenvalue weighted by Crippen LogP contribution is 2.08. The Kier molecular flexibility index (Phi) is 7.56. The molecular weight excluding hydrogens is 268 g/mol. The van der Waals surface area contributed by atoms with E-state index in [1.807, 2.05) is 12.4 Å². The minimum atomic E-state index is 0.0850. The fourth-order valence-electron chi connectivity index (χ4n) is 1.68. The maximum Gasteiger partial charge on any atom is 0.225 e. The van der Waals surface area contributed by atoms with Crippen molar-refractivity contribution in [1.82, 2.24) is 15.3 Å². The third-order valence-electron chi connectivity index (χ3n) is 2.93. The maximum atomic E-state index is 5.13. The van der Waals surface area contributed by atoms with Crippen molar-refractivity contribution >= 4 is 5.95 Å². The molecule has 0 amide bonds. The topological polar surface area (TPSA) is 59.5 Å². The Bertz CT molecular complexity index is 382. The van der Waals surface area contributed by atoms with Gasteiger partial charge >= 0.3 is 0 Å². The quantitative estimate of drug-likeness (QED) is 0.744. The lowest BCUT2D eigenvalue weighted by molar-refractivity contribution is 0.189. The third kappa shape index (κ3) is 7.36. The maximum absolute atomic E-state index is 5.13. The van der Waals surface area contributed by atoms with Crippen LogP contribution >= 0.6 is 0 Å². The molecule has 6 nitrogen and oxygen atoms in total. The zero-order valence-corrected chi connectivity index (χ0v) is 13.8. The molecule has 0 radical (unpaired) electrons. The Morgan fingerprint density at radius 1 is 1.05 bits per heavy atom. The van der Waals surface area contributed by atoms with Gasteiger partial charge in [-0.25, -0.2) is 9.97 Å². The van der Waals surface area contributed by atoms with E-state index in [-0.39, 0.29) is 5.54 Å². The van der Waals surface area contributed by atoms with Crippen LogP contribution in [0.15, 0.2) is 12.4 Å². The van der Waals surface area contributed by atoms with E-state index in [0.717, 1.165) is 25.2 Å². The van der Waals surface area contributed by atoms with E-state index in [4.69, 9.17) is 9.47 Å². The number of nitrogens with zero attached hydrogens (tertiary/aromatic N) is 3. The number of anilines is 1. The summed E-state index contributed by atoms with van der Waals surface area (Å²) >= 11 is 0. The number of rotatable bonds is 9. The van der Waals surface area contributed by atoms with Crippen LogP contribution in [0.1, 0.15) is 26.3 Å². The molecule has 0 bridgehead atoms. The van der Waals surface area contributed by atoms with E-state index in [0.29, 0.717) is 19.2 Å². The summed E-state index contributed by atoms with van der Waals surface area (Å²) in [6.45, 7) is 9.96. The van der Waals surface area contributed by atoms with Crippen molar-refractivity contribution in [3.05, 3.63) is 18.0 Å². The van der Waals surface area contributed by atoms with Crippen LogP contribution in [0.4, 0.5) is 5.95 Å². The molecule has 1 aromatic rings. The summed E-state index contributed by atoms with van der Waals surface area (Å²) in [7, 11) is 3.38. The third-order valence-corrected chi connectivity index (χ3v) is 2.93. The second kappa shape index (κ2) is 8.92. The molecule has 1 N–H and O–H groups in total. The summed E-state index contributed by atoms with van der Waals surface area (Å²) in [5.74, 6) is 0.712. The van der Waals surface area contributed by atoms with Crippen molar-refractivity contribution < 1.29 is 9.47 Å². The average molecular weight is 296 g/mol. The second-order valence-electron chi connectivity index (χ2n) is 5.97. The molecule has 0 unspecified atom stereocenters. The Morgan fingerprint density at radius 3 is 2.00 bits per heavy atom. The molecule has 21 heavy (non-hydrogen) atoms. The summed E-state index contributed by atoms with van der Waals surface area (Å²) in [5, 5.41) is 3.42. The molecule has 1 aromatic heterocycles. The first-order chi connectivity index (χ1) is 9.96. The summed E-state index contributed by atoms with van der Waals surface area (Å²) < 4.78 is 10.3. The molecule has 1 heterocycles. The zero-order valence-electron chi connectivity index (χ0n) is 13.8. The van der Waals surface area contributed by atoms with Gasteiger partial charge in [0.1, 0.15) is 0 Å². The SMILES string of the molecule is COCCN(CCOC)c1ncc(CNC(C)(C)C)cn1. The van der Waals surface area contributed by atoms with E-state index in [1.165, 1.54) is 0 Å². The molecule has 1 rings (SSSR count). The minimum Gasteiger partial charge on any atom is -0.383 e. The van der Waals surface area contributed by atoms with E-state index in [1.54, 1.807) is 14.2 Å². The highest BCUT2D eigenvalue weighted by molar-refractivity contribution is 5.29. The molecule has 0 aliphatic rings. The van der Waals surface area contributed by atoms with Gasteiger partial charge in [-0.15, -0.1) is 0 Å². The average Bonchev–Trinajstić information content (AvgIpc) is 2.45. The Balaban J connectivity index is 2.63. The smallest absolute Gasteiger partial charge is 0.225 e. The number of hydrogen-bond acceptors (Lipinski definition) is 6. The van der Waals surface area contributed by atoms with Gasteiger partial charge in [0.05, 0.1) is 13.2 Å². The Hall–Kier alpha value is -1.24. The van der Waals surface area contributed by atoms with Crippen LogP contribution in [0.2, 0.25) is 0 Å². The predicted molar refractivity (Wildman–Crippen MR) is 84.6 cm³/mol. The van der Waals surface area contributed by atoms with Crippen LogP contribution in [-0.2, 0) is 16.0 Å². The molecule has 0 atom stereocenters. The van der Waals surface area contributed by atoms with Crippen LogP contribution in [-0.4, -0.2) is 56.0 Å². The first-order valence-corrected chi connectivity index (χ1v) is 7.25. The van der Waals surface area contributed by atoms with E-state index in [2.05, 4.69) is 41.0 Å². The van der Waals surface area contributed by atoms with Gasteiger partial charge in [0.25, 0.3) is 0 Å². The van der Waals surface area contributed by atoms with Crippen LogP contribution in [0.3, 0.4) is 0 Å². The van der Waals surface area contributed by atoms with E-state index >= 15 is 0 Å². The number of nitrogens with one attached hydrogen (secondary N) is 1. The molecule has 6 heteroatoms. The van der Waals surface area contributed by atoms with E-state index < -0.39 is 0 Å². The number of methoxy groups -OCH3 is 2. The molecule has 0 aliphatic heterocycles. The molecular formula is C15H28N4O2. The van der Waals surface area contributed by atoms with Gasteiger partial charge in [-0.1, -0.05) is 0 Å². The fourth-order valence-corrected chi connectivity index (χ4v) is 1.68. The molecule has 0 spiro atoms. The van der Waals surface area contributed by atoms with Crippen molar-refractivity contribution in [1.29, 1.82) is 0 Å². The van der Waals surface area contributed by atoms with Crippen molar-refractivity contribution in [2.45, 2.75) is 32.9 Å². The lowest BCUT2D eigenvalue weighted by atomic mass is 10.1. The lowest BCUT2D eigenvalue weighted by Gasteiger charge is -2.22. The van der Waals surface area contributed by atoms with Crippen molar-refractivity contribution in [3.8, 4) is 0 Å². The van der Waals surface area contributed by atoms with Crippen LogP contribution in [0, 0.1) is 0 Å². The standard InChI is InChI=1S/C15H28N4O2/c1-15(2,3)18-12-13-10-16-14(17-11-13)19(6-8-20-4)7-9-21-5/h10-11,18H,6-9,12H2,1-5H3. The Morgan fingerprint density at radius 2 is 1.57 bits per heavy atom. The largest absolute Gasteiger partial charge is 0.383 e. The summed E-state index contributed by atoms with van der Waals surface area (Å²) in [4.78, 5) is 11.0. The minimum absolute atomic E-state index is 0.0850. The molecule has 0 saturated heterocycles. The van der Waals surface area contributed by atoms with Crippen LogP contribution < -0.4 is 10.2 Å². The Labute approximate surface area is 127 Å². The second-order valence-corrected chi connectivity index (χ2v) is 5.97. The highest BCUT2D eigenvalue weighted by atomic mass is 16.5. The van der Waals surface area contributed by atoms with Gasteiger partial charge in [0, 0.05) is 57.3 Å². The first kappa shape index (κ1) is 17.8. The lowest BCUT2D eigenvalue weighted by Crippen LogP contribution is -2.35. The van der Waals surface area contributed by atoms with E-state index in [9.17, 15) is 0 Å². The van der Waals surface area contributed by atoms with Crippen LogP contribution in [0.5, 0.6) is 0 Å². The van der Waals surface area contributed by atoms with Crippen LogP contribution in [0.25, 0.3) is 0 Å². The zero-order chi connectivity index (χ0) is 15.7. The van der Waals surface area contributed by atoms with Crippen molar-refractivity contribution in [2.24, 2.45) is 0 Å². The summed E-state index contributed by atoms with van der Waals surface area (Å²) in [6.07, 6.45) is 3.74. The number of aromatic nitrogens is 2. The van der Waals surface area contributed by atoms with Gasteiger partial charge in [-0.2, -0.15) is 0 Å². The molecule has 0 fully saturated rings. The van der Waals surface area contributed by atoms with Gasteiger partial charge in [0.15, 0.2) is 0 Å². The van der Waals surface area contributed by atoms with Gasteiger partial charge < -0.3 is 19.7 Å². The first-order valence-electron chi connectivity index (χ1n) is 7.25.